The largest absolute Gasteiger partial charge is 0.377 e. The highest BCUT2D eigenvalue weighted by Crippen LogP contribution is 2.24. The molecule has 2 aromatic heterocycles. The number of hydrogen-bond donors (Lipinski definition) is 1. The third kappa shape index (κ3) is 2.32. The van der Waals surface area contributed by atoms with Crippen LogP contribution in [0.3, 0.4) is 0 Å². The molecule has 0 radical (unpaired) electrons. The highest BCUT2D eigenvalue weighted by atomic mass is 16.5. The molecule has 3 rings (SSSR count). The lowest BCUT2D eigenvalue weighted by Gasteiger charge is -2.34. The van der Waals surface area contributed by atoms with Gasteiger partial charge in [-0.3, -0.25) is 14.6 Å². The van der Waals surface area contributed by atoms with Crippen molar-refractivity contribution in [3.63, 3.8) is 0 Å². The maximum atomic E-state index is 12.6. The first-order valence-corrected chi connectivity index (χ1v) is 6.70. The molecule has 1 N–H and O–H groups in total. The fourth-order valence-electron chi connectivity index (χ4n) is 2.37. The Bertz CT molecular complexity index is 577. The minimum atomic E-state index is -0.122. The number of H-pyrrole nitrogens is 1. The molecule has 106 valence electrons. The van der Waals surface area contributed by atoms with Gasteiger partial charge < -0.3 is 9.64 Å². The van der Waals surface area contributed by atoms with Crippen molar-refractivity contribution in [3.05, 3.63) is 35.9 Å². The molecule has 1 saturated heterocycles. The zero-order chi connectivity index (χ0) is 13.9. The summed E-state index contributed by atoms with van der Waals surface area (Å²) in [6, 6.07) is 1.75. The van der Waals surface area contributed by atoms with Gasteiger partial charge in [0.15, 0.2) is 0 Å². The number of rotatable bonds is 3. The molecular formula is C13H17N5O2. The van der Waals surface area contributed by atoms with E-state index in [0.29, 0.717) is 25.3 Å². The molecule has 0 aromatic carbocycles. The van der Waals surface area contributed by atoms with Crippen LogP contribution in [-0.4, -0.2) is 50.5 Å². The van der Waals surface area contributed by atoms with E-state index in [9.17, 15) is 4.79 Å². The van der Waals surface area contributed by atoms with Gasteiger partial charge in [-0.2, -0.15) is 10.2 Å². The second-order valence-corrected chi connectivity index (χ2v) is 4.69. The molecule has 1 aliphatic heterocycles. The molecule has 1 aliphatic rings. The number of ether oxygens (including phenoxy) is 1. The van der Waals surface area contributed by atoms with Crippen LogP contribution in [0.5, 0.6) is 0 Å². The average Bonchev–Trinajstić information content (AvgIpc) is 3.17. The first-order chi connectivity index (χ1) is 9.79. The lowest BCUT2D eigenvalue weighted by Crippen LogP contribution is -2.43. The number of aryl methyl sites for hydroxylation is 1. The predicted molar refractivity (Wildman–Crippen MR) is 71.1 cm³/mol. The molecule has 7 nitrogen and oxygen atoms in total. The van der Waals surface area contributed by atoms with Crippen molar-refractivity contribution < 1.29 is 9.53 Å². The first kappa shape index (κ1) is 12.9. The predicted octanol–water partition coefficient (Wildman–Crippen LogP) is 0.840. The van der Waals surface area contributed by atoms with Crippen LogP contribution >= 0.6 is 0 Å². The molecule has 20 heavy (non-hydrogen) atoms. The normalized spacial score (nSPS) is 19.2. The van der Waals surface area contributed by atoms with Gasteiger partial charge in [-0.1, -0.05) is 0 Å². The van der Waals surface area contributed by atoms with Gasteiger partial charge >= 0.3 is 0 Å². The summed E-state index contributed by atoms with van der Waals surface area (Å²) in [5, 5.41) is 11.0. The van der Waals surface area contributed by atoms with E-state index in [1.165, 1.54) is 0 Å². The van der Waals surface area contributed by atoms with Crippen LogP contribution in [0.25, 0.3) is 0 Å². The Morgan fingerprint density at radius 3 is 3.20 bits per heavy atom. The third-order valence-corrected chi connectivity index (χ3v) is 3.47. The number of aromatic amines is 1. The monoisotopic (exact) mass is 275 g/mol. The van der Waals surface area contributed by atoms with Crippen molar-refractivity contribution in [2.24, 2.45) is 0 Å². The zero-order valence-corrected chi connectivity index (χ0v) is 11.3. The highest BCUT2D eigenvalue weighted by Gasteiger charge is 2.30. The number of hydrogen-bond acceptors (Lipinski definition) is 4. The fourth-order valence-corrected chi connectivity index (χ4v) is 2.37. The summed E-state index contributed by atoms with van der Waals surface area (Å²) >= 11 is 0. The van der Waals surface area contributed by atoms with Gasteiger partial charge in [0, 0.05) is 25.5 Å². The quantitative estimate of drug-likeness (QED) is 0.900. The van der Waals surface area contributed by atoms with Gasteiger partial charge in [0.05, 0.1) is 36.7 Å². The molecule has 0 spiro atoms. The Kier molecular flexibility index (Phi) is 3.51. The van der Waals surface area contributed by atoms with Crippen molar-refractivity contribution in [1.29, 1.82) is 0 Å². The van der Waals surface area contributed by atoms with E-state index in [2.05, 4.69) is 15.3 Å². The molecular weight excluding hydrogens is 258 g/mol. The number of nitrogens with one attached hydrogen (secondary N) is 1. The number of amides is 1. The van der Waals surface area contributed by atoms with E-state index >= 15 is 0 Å². The molecule has 0 saturated carbocycles. The summed E-state index contributed by atoms with van der Waals surface area (Å²) in [5.74, 6) is -0.0207. The molecule has 0 unspecified atom stereocenters. The van der Waals surface area contributed by atoms with Crippen LogP contribution in [0, 0.1) is 0 Å². The van der Waals surface area contributed by atoms with E-state index < -0.39 is 0 Å². The zero-order valence-electron chi connectivity index (χ0n) is 11.3. The Labute approximate surface area is 116 Å². The number of aromatic nitrogens is 4. The molecule has 1 fully saturated rings. The van der Waals surface area contributed by atoms with Crippen molar-refractivity contribution >= 4 is 5.91 Å². The number of carbonyl (C=O) groups excluding carboxylic acids is 1. The Morgan fingerprint density at radius 2 is 2.50 bits per heavy atom. The van der Waals surface area contributed by atoms with Gasteiger partial charge in [0.1, 0.15) is 0 Å². The van der Waals surface area contributed by atoms with Crippen LogP contribution in [0.4, 0.5) is 0 Å². The third-order valence-electron chi connectivity index (χ3n) is 3.47. The van der Waals surface area contributed by atoms with Gasteiger partial charge in [-0.05, 0) is 13.0 Å². The van der Waals surface area contributed by atoms with E-state index in [1.807, 2.05) is 17.9 Å². The maximum Gasteiger partial charge on any atom is 0.257 e. The summed E-state index contributed by atoms with van der Waals surface area (Å²) < 4.78 is 7.23. The number of nitrogens with zero attached hydrogens (tertiary/aromatic N) is 4. The summed E-state index contributed by atoms with van der Waals surface area (Å²) in [6.07, 6.45) is 5.08. The van der Waals surface area contributed by atoms with E-state index in [-0.39, 0.29) is 11.9 Å². The van der Waals surface area contributed by atoms with Crippen LogP contribution in [0.1, 0.15) is 29.0 Å². The van der Waals surface area contributed by atoms with Crippen LogP contribution in [-0.2, 0) is 11.3 Å². The summed E-state index contributed by atoms with van der Waals surface area (Å²) in [6.45, 7) is 4.34. The minimum absolute atomic E-state index is 0.0207. The van der Waals surface area contributed by atoms with E-state index in [1.54, 1.807) is 23.3 Å². The maximum absolute atomic E-state index is 12.6. The Balaban J connectivity index is 1.84. The van der Waals surface area contributed by atoms with Crippen molar-refractivity contribution in [2.45, 2.75) is 19.5 Å². The van der Waals surface area contributed by atoms with Crippen LogP contribution in [0.2, 0.25) is 0 Å². The standard InChI is InChI=1S/C13H17N5O2/c1-2-17-8-10(7-15-17)13(19)18-5-6-20-9-12(18)11-3-4-14-16-11/h3-4,7-8,12H,2,5-6,9H2,1H3,(H,14,16)/t12-/m1/s1. The molecule has 3 heterocycles. The molecule has 0 bridgehead atoms. The van der Waals surface area contributed by atoms with Crippen LogP contribution in [0.15, 0.2) is 24.7 Å². The van der Waals surface area contributed by atoms with E-state index in [4.69, 9.17) is 4.74 Å². The summed E-state index contributed by atoms with van der Waals surface area (Å²) in [4.78, 5) is 14.4. The Morgan fingerprint density at radius 1 is 1.60 bits per heavy atom. The van der Waals surface area contributed by atoms with E-state index in [0.717, 1.165) is 12.2 Å². The van der Waals surface area contributed by atoms with Gasteiger partial charge in [-0.15, -0.1) is 0 Å². The second kappa shape index (κ2) is 5.46. The molecule has 1 amide bonds. The smallest absolute Gasteiger partial charge is 0.257 e. The lowest BCUT2D eigenvalue weighted by atomic mass is 10.1. The Hall–Kier alpha value is -2.15. The van der Waals surface area contributed by atoms with Crippen LogP contribution < -0.4 is 0 Å². The first-order valence-electron chi connectivity index (χ1n) is 6.70. The fraction of sp³-hybridized carbons (Fsp3) is 0.462. The summed E-state index contributed by atoms with van der Waals surface area (Å²) in [7, 11) is 0. The van der Waals surface area contributed by atoms with Gasteiger partial charge in [0.25, 0.3) is 5.91 Å². The number of carbonyl (C=O) groups is 1. The van der Waals surface area contributed by atoms with Crippen molar-refractivity contribution in [2.75, 3.05) is 19.8 Å². The van der Waals surface area contributed by atoms with Crippen molar-refractivity contribution in [3.8, 4) is 0 Å². The molecule has 1 atom stereocenters. The van der Waals surface area contributed by atoms with Crippen molar-refractivity contribution in [1.82, 2.24) is 24.9 Å². The number of morpholine rings is 1. The van der Waals surface area contributed by atoms with Gasteiger partial charge in [0.2, 0.25) is 0 Å². The average molecular weight is 275 g/mol. The SMILES string of the molecule is CCn1cc(C(=O)N2CCOC[C@@H]2c2ccn[nH]2)cn1. The topological polar surface area (TPSA) is 76.0 Å². The highest BCUT2D eigenvalue weighted by molar-refractivity contribution is 5.94. The van der Waals surface area contributed by atoms with Gasteiger partial charge in [-0.25, -0.2) is 0 Å². The minimum Gasteiger partial charge on any atom is -0.377 e. The molecule has 0 aliphatic carbocycles. The summed E-state index contributed by atoms with van der Waals surface area (Å²) in [5.41, 5.74) is 1.50. The lowest BCUT2D eigenvalue weighted by molar-refractivity contribution is -0.00391. The molecule has 2 aromatic rings. The second-order valence-electron chi connectivity index (χ2n) is 4.69. The molecule has 7 heteroatoms.